The van der Waals surface area contributed by atoms with Crippen molar-refractivity contribution in [1.29, 1.82) is 0 Å². The average molecular weight is 405 g/mol. The molecule has 0 aliphatic rings. The van der Waals surface area contributed by atoms with Crippen LogP contribution in [0.3, 0.4) is 0 Å². The normalized spacial score (nSPS) is 11.3. The van der Waals surface area contributed by atoms with Crippen LogP contribution in [0.25, 0.3) is 31.1 Å². The molecule has 0 aliphatic carbocycles. The number of non-ortho nitro benzene ring substituents is 1. The Morgan fingerprint density at radius 1 is 0.964 bits per heavy atom. The van der Waals surface area contributed by atoms with Gasteiger partial charge in [-0.2, -0.15) is 0 Å². The number of benzene rings is 3. The van der Waals surface area contributed by atoms with Gasteiger partial charge in [0.05, 0.1) is 20.0 Å². The summed E-state index contributed by atoms with van der Waals surface area (Å²) in [6, 6.07) is 18.3. The predicted octanol–water partition coefficient (Wildman–Crippen LogP) is 5.82. The topological polar surface area (TPSA) is 85.1 Å². The summed E-state index contributed by atoms with van der Waals surface area (Å²) in [7, 11) is 0. The first-order chi connectivity index (χ1) is 13.6. The molecular formula is C20H11N3O3S2. The summed E-state index contributed by atoms with van der Waals surface area (Å²) in [4.78, 5) is 28.2. The summed E-state index contributed by atoms with van der Waals surface area (Å²) < 4.78 is 1.83. The Morgan fingerprint density at radius 2 is 1.79 bits per heavy atom. The number of anilines is 1. The van der Waals surface area contributed by atoms with Crippen molar-refractivity contribution in [3.8, 4) is 0 Å². The number of hydrogen-bond donors (Lipinski definition) is 1. The van der Waals surface area contributed by atoms with Gasteiger partial charge in [0.1, 0.15) is 0 Å². The van der Waals surface area contributed by atoms with Gasteiger partial charge in [-0.05, 0) is 23.6 Å². The first-order valence-electron chi connectivity index (χ1n) is 8.36. The molecule has 0 radical (unpaired) electrons. The molecule has 0 bridgehead atoms. The lowest BCUT2D eigenvalue weighted by molar-refractivity contribution is -0.384. The fourth-order valence-corrected chi connectivity index (χ4v) is 4.95. The lowest BCUT2D eigenvalue weighted by Gasteiger charge is -1.97. The van der Waals surface area contributed by atoms with Crippen LogP contribution in [-0.4, -0.2) is 15.8 Å². The van der Waals surface area contributed by atoms with Crippen LogP contribution in [0.1, 0.15) is 9.67 Å². The summed E-state index contributed by atoms with van der Waals surface area (Å²) in [6.07, 6.45) is 0. The Bertz CT molecular complexity index is 1400. The highest BCUT2D eigenvalue weighted by Crippen LogP contribution is 2.33. The van der Waals surface area contributed by atoms with E-state index in [2.05, 4.69) is 10.3 Å². The Balaban J connectivity index is 1.48. The van der Waals surface area contributed by atoms with Gasteiger partial charge in [-0.25, -0.2) is 4.98 Å². The Labute approximate surface area is 166 Å². The number of carbonyl (C=O) groups excluding carboxylic acids is 1. The van der Waals surface area contributed by atoms with Crippen LogP contribution in [0, 0.1) is 10.1 Å². The molecule has 0 fully saturated rings. The zero-order valence-electron chi connectivity index (χ0n) is 14.2. The number of nitro groups is 1. The van der Waals surface area contributed by atoms with E-state index in [4.69, 9.17) is 0 Å². The van der Waals surface area contributed by atoms with Crippen LogP contribution in [0.5, 0.6) is 0 Å². The van der Waals surface area contributed by atoms with Gasteiger partial charge in [0.2, 0.25) is 0 Å². The molecule has 0 spiro atoms. The van der Waals surface area contributed by atoms with E-state index >= 15 is 0 Å². The number of thiophene rings is 1. The maximum Gasteiger partial charge on any atom is 0.270 e. The Kier molecular flexibility index (Phi) is 3.81. The fourth-order valence-electron chi connectivity index (χ4n) is 3.13. The average Bonchev–Trinajstić information content (AvgIpc) is 3.31. The number of aromatic nitrogens is 1. The SMILES string of the molecule is O=C(Nc1nc2c(ccc3ccccc32)s1)c1cc2cc([N+](=O)[O-])ccc2s1. The van der Waals surface area contributed by atoms with Crippen LogP contribution in [-0.2, 0) is 0 Å². The minimum Gasteiger partial charge on any atom is -0.297 e. The van der Waals surface area contributed by atoms with Crippen LogP contribution < -0.4 is 5.32 Å². The number of rotatable bonds is 3. The lowest BCUT2D eigenvalue weighted by atomic mass is 10.1. The molecule has 136 valence electrons. The molecule has 0 saturated carbocycles. The van der Waals surface area contributed by atoms with Gasteiger partial charge in [-0.15, -0.1) is 11.3 Å². The van der Waals surface area contributed by atoms with Crippen molar-refractivity contribution < 1.29 is 9.72 Å². The smallest absolute Gasteiger partial charge is 0.270 e. The quantitative estimate of drug-likeness (QED) is 0.302. The summed E-state index contributed by atoms with van der Waals surface area (Å²) in [5, 5.41) is 17.1. The van der Waals surface area contributed by atoms with E-state index in [1.165, 1.54) is 34.8 Å². The van der Waals surface area contributed by atoms with Crippen molar-refractivity contribution in [2.75, 3.05) is 5.32 Å². The third-order valence-electron chi connectivity index (χ3n) is 4.44. The third kappa shape index (κ3) is 2.79. The monoisotopic (exact) mass is 405 g/mol. The standard InChI is InChI=1S/C20H11N3O3S2/c24-19(17-10-12-9-13(23(25)26)6-8-15(12)27-17)22-20-21-18-14-4-2-1-3-11(14)5-7-16(18)28-20/h1-10H,(H,21,22,24). The highest BCUT2D eigenvalue weighted by atomic mass is 32.1. The molecular weight excluding hydrogens is 394 g/mol. The van der Waals surface area contributed by atoms with Crippen molar-refractivity contribution >= 4 is 70.5 Å². The second-order valence-corrected chi connectivity index (χ2v) is 8.31. The van der Waals surface area contributed by atoms with Crippen LogP contribution in [0.2, 0.25) is 0 Å². The zero-order valence-corrected chi connectivity index (χ0v) is 15.8. The minimum absolute atomic E-state index is 0.00955. The minimum atomic E-state index is -0.442. The number of hydrogen-bond acceptors (Lipinski definition) is 6. The number of nitrogens with zero attached hydrogens (tertiary/aromatic N) is 2. The molecule has 0 unspecified atom stereocenters. The van der Waals surface area contributed by atoms with Crippen molar-refractivity contribution in [3.63, 3.8) is 0 Å². The van der Waals surface area contributed by atoms with Gasteiger partial charge < -0.3 is 0 Å². The van der Waals surface area contributed by atoms with Crippen LogP contribution in [0.4, 0.5) is 10.8 Å². The van der Waals surface area contributed by atoms with Gasteiger partial charge in [0.25, 0.3) is 11.6 Å². The first-order valence-corrected chi connectivity index (χ1v) is 9.99. The Hall–Kier alpha value is -3.36. The molecule has 1 amide bonds. The predicted molar refractivity (Wildman–Crippen MR) is 114 cm³/mol. The highest BCUT2D eigenvalue weighted by molar-refractivity contribution is 7.23. The van der Waals surface area contributed by atoms with Crippen molar-refractivity contribution in [1.82, 2.24) is 4.98 Å². The second-order valence-electron chi connectivity index (χ2n) is 6.20. The molecule has 0 saturated heterocycles. The molecule has 3 aromatic carbocycles. The zero-order chi connectivity index (χ0) is 19.3. The van der Waals surface area contributed by atoms with E-state index in [9.17, 15) is 14.9 Å². The summed E-state index contributed by atoms with van der Waals surface area (Å²) in [6.45, 7) is 0. The molecule has 0 aliphatic heterocycles. The largest absolute Gasteiger partial charge is 0.297 e. The number of nitrogens with one attached hydrogen (secondary N) is 1. The molecule has 0 atom stereocenters. The molecule has 1 N–H and O–H groups in total. The van der Waals surface area contributed by atoms with E-state index in [1.54, 1.807) is 12.1 Å². The van der Waals surface area contributed by atoms with Crippen LogP contribution >= 0.6 is 22.7 Å². The molecule has 8 heteroatoms. The third-order valence-corrected chi connectivity index (χ3v) is 6.49. The summed E-state index contributed by atoms with van der Waals surface area (Å²) in [5.41, 5.74) is 0.876. The number of carbonyl (C=O) groups is 1. The highest BCUT2D eigenvalue weighted by Gasteiger charge is 2.15. The molecule has 2 aromatic heterocycles. The van der Waals surface area contributed by atoms with Crippen molar-refractivity contribution in [3.05, 3.63) is 75.7 Å². The summed E-state index contributed by atoms with van der Waals surface area (Å²) in [5.74, 6) is -0.271. The number of amides is 1. The molecule has 6 nitrogen and oxygen atoms in total. The van der Waals surface area contributed by atoms with E-state index < -0.39 is 4.92 Å². The summed E-state index contributed by atoms with van der Waals surface area (Å²) >= 11 is 2.72. The van der Waals surface area contributed by atoms with Crippen LogP contribution in [0.15, 0.2) is 60.7 Å². The number of nitro benzene ring substituents is 1. The molecule has 2 heterocycles. The van der Waals surface area contributed by atoms with E-state index in [0.717, 1.165) is 25.7 Å². The number of thiazole rings is 1. The first kappa shape index (κ1) is 16.8. The van der Waals surface area contributed by atoms with Gasteiger partial charge in [-0.3, -0.25) is 20.2 Å². The fraction of sp³-hybridized carbons (Fsp3) is 0. The lowest BCUT2D eigenvalue weighted by Crippen LogP contribution is -2.09. The second kappa shape index (κ2) is 6.36. The van der Waals surface area contributed by atoms with Gasteiger partial charge in [-0.1, -0.05) is 41.7 Å². The molecule has 28 heavy (non-hydrogen) atoms. The van der Waals surface area contributed by atoms with Gasteiger partial charge in [0.15, 0.2) is 5.13 Å². The molecule has 5 rings (SSSR count). The van der Waals surface area contributed by atoms with Gasteiger partial charge >= 0.3 is 0 Å². The maximum atomic E-state index is 12.7. The van der Waals surface area contributed by atoms with E-state index in [1.807, 2.05) is 36.4 Å². The number of fused-ring (bicyclic) bond motifs is 4. The maximum absolute atomic E-state index is 12.7. The van der Waals surface area contributed by atoms with Gasteiger partial charge in [0, 0.05) is 27.6 Å². The van der Waals surface area contributed by atoms with E-state index in [-0.39, 0.29) is 11.6 Å². The molecule has 5 aromatic rings. The van der Waals surface area contributed by atoms with Crippen molar-refractivity contribution in [2.45, 2.75) is 0 Å². The van der Waals surface area contributed by atoms with E-state index in [0.29, 0.717) is 15.4 Å². The van der Waals surface area contributed by atoms with Crippen molar-refractivity contribution in [2.24, 2.45) is 0 Å². The Morgan fingerprint density at radius 3 is 2.64 bits per heavy atom.